The van der Waals surface area contributed by atoms with Crippen LogP contribution in [0.5, 0.6) is 0 Å². The third-order valence-electron chi connectivity index (χ3n) is 6.35. The number of aryl methyl sites for hydroxylation is 1. The normalized spacial score (nSPS) is 12.3. The minimum atomic E-state index is -0.391. The number of carbonyl (C=O) groups excluding carboxylic acids is 2. The second-order valence-electron chi connectivity index (χ2n) is 9.97. The maximum atomic E-state index is 13.6. The largest absolute Gasteiger partial charge is 0.394 e. The molecule has 0 saturated heterocycles. The molecule has 11 heteroatoms. The summed E-state index contributed by atoms with van der Waals surface area (Å²) in [6.45, 7) is 6.10. The highest BCUT2D eigenvalue weighted by Crippen LogP contribution is 2.29. The third-order valence-corrected chi connectivity index (χ3v) is 7.88. The van der Waals surface area contributed by atoms with E-state index in [2.05, 4.69) is 15.6 Å². The number of aromatic nitrogens is 3. The van der Waals surface area contributed by atoms with Crippen molar-refractivity contribution in [2.24, 2.45) is 5.92 Å². The van der Waals surface area contributed by atoms with Crippen molar-refractivity contribution in [2.75, 3.05) is 12.3 Å². The molecule has 1 aromatic carbocycles. The first-order valence-electron chi connectivity index (χ1n) is 12.6. The molecule has 0 saturated carbocycles. The Bertz CT molecular complexity index is 1660. The molecule has 0 fully saturated rings. The average molecular weight is 563 g/mol. The zero-order valence-electron chi connectivity index (χ0n) is 21.9. The Morgan fingerprint density at radius 2 is 1.97 bits per heavy atom. The van der Waals surface area contributed by atoms with E-state index in [4.69, 9.17) is 10.7 Å². The molecule has 2 amide bonds. The molecule has 0 unspecified atom stereocenters. The highest BCUT2D eigenvalue weighted by Gasteiger charge is 2.26. The van der Waals surface area contributed by atoms with Crippen LogP contribution in [-0.2, 0) is 6.54 Å². The summed E-state index contributed by atoms with van der Waals surface area (Å²) < 4.78 is 2.64. The summed E-state index contributed by atoms with van der Waals surface area (Å²) in [6, 6.07) is 9.05. The van der Waals surface area contributed by atoms with Gasteiger partial charge in [0.1, 0.15) is 11.4 Å². The number of imidazole rings is 1. The highest BCUT2D eigenvalue weighted by atomic mass is 32.1. The van der Waals surface area contributed by atoms with Gasteiger partial charge in [0.25, 0.3) is 11.8 Å². The number of hydrogen-bond acceptors (Lipinski definition) is 8. The molecule has 0 radical (unpaired) electrons. The van der Waals surface area contributed by atoms with Crippen LogP contribution in [0, 0.1) is 12.8 Å². The Balaban J connectivity index is 1.50. The van der Waals surface area contributed by atoms with Crippen LogP contribution in [0.15, 0.2) is 47.3 Å². The topological polar surface area (TPSA) is 135 Å². The Labute approximate surface area is 233 Å². The number of nitrogen functional groups attached to an aromatic ring is 1. The minimum absolute atomic E-state index is 0.166. The van der Waals surface area contributed by atoms with E-state index >= 15 is 0 Å². The van der Waals surface area contributed by atoms with Crippen LogP contribution in [0.4, 0.5) is 5.13 Å². The first kappa shape index (κ1) is 26.8. The molecule has 0 aliphatic rings. The quantitative estimate of drug-likeness (QED) is 0.207. The molecule has 0 spiro atoms. The van der Waals surface area contributed by atoms with Crippen molar-refractivity contribution >= 4 is 55.5 Å². The van der Waals surface area contributed by atoms with Crippen LogP contribution in [0.2, 0.25) is 0 Å². The number of hydrogen-bond donors (Lipinski definition) is 4. The standard InChI is InChI=1S/C28H30N6O3S2/c1-15(2)8-19(13-35)31-27(37)24-23(18-6-7-38-14-18)33-25-20(9-16(3)12-34(24)25)26(36)30-11-17-4-5-21-22(10-17)39-28(29)32-21/h4-7,9-10,12,14-15,19,35H,8,11,13H2,1-3H3,(H2,29,32)(H,30,36)(H,31,37)/t19-/m1/s1. The van der Waals surface area contributed by atoms with Gasteiger partial charge in [0.15, 0.2) is 10.8 Å². The summed E-state index contributed by atoms with van der Waals surface area (Å²) in [5.74, 6) is -0.348. The molecule has 202 valence electrons. The maximum Gasteiger partial charge on any atom is 0.270 e. The average Bonchev–Trinajstić information content (AvgIpc) is 3.63. The van der Waals surface area contributed by atoms with Crippen molar-refractivity contribution in [1.29, 1.82) is 0 Å². The number of aliphatic hydroxyl groups is 1. The number of thiazole rings is 1. The van der Waals surface area contributed by atoms with Gasteiger partial charge in [-0.05, 0) is 60.0 Å². The molecule has 39 heavy (non-hydrogen) atoms. The third kappa shape index (κ3) is 5.65. The lowest BCUT2D eigenvalue weighted by atomic mass is 10.0. The van der Waals surface area contributed by atoms with E-state index in [0.29, 0.717) is 46.6 Å². The molecule has 0 bridgehead atoms. The number of nitrogens with zero attached hydrogens (tertiary/aromatic N) is 3. The number of anilines is 1. The van der Waals surface area contributed by atoms with Crippen LogP contribution in [-0.4, -0.2) is 43.9 Å². The van der Waals surface area contributed by atoms with Gasteiger partial charge < -0.3 is 21.5 Å². The van der Waals surface area contributed by atoms with Gasteiger partial charge in [-0.1, -0.05) is 31.3 Å². The Morgan fingerprint density at radius 3 is 2.69 bits per heavy atom. The fourth-order valence-corrected chi connectivity index (χ4v) is 6.08. The number of amides is 2. The Morgan fingerprint density at radius 1 is 1.15 bits per heavy atom. The summed E-state index contributed by atoms with van der Waals surface area (Å²) >= 11 is 2.90. The van der Waals surface area contributed by atoms with Gasteiger partial charge in [0.2, 0.25) is 0 Å². The predicted molar refractivity (Wildman–Crippen MR) is 156 cm³/mol. The number of carbonyl (C=O) groups is 2. The molecule has 0 aliphatic heterocycles. The van der Waals surface area contributed by atoms with Crippen LogP contribution >= 0.6 is 22.7 Å². The van der Waals surface area contributed by atoms with E-state index < -0.39 is 6.04 Å². The lowest BCUT2D eigenvalue weighted by Gasteiger charge is -2.18. The van der Waals surface area contributed by atoms with Crippen molar-refractivity contribution in [3.05, 3.63) is 69.7 Å². The molecule has 9 nitrogen and oxygen atoms in total. The number of benzene rings is 1. The molecule has 5 aromatic rings. The van der Waals surface area contributed by atoms with Gasteiger partial charge in [-0.15, -0.1) is 0 Å². The summed E-state index contributed by atoms with van der Waals surface area (Å²) in [5.41, 5.74) is 10.7. The first-order valence-corrected chi connectivity index (χ1v) is 14.4. The van der Waals surface area contributed by atoms with Crippen molar-refractivity contribution < 1.29 is 14.7 Å². The van der Waals surface area contributed by atoms with Crippen LogP contribution < -0.4 is 16.4 Å². The van der Waals surface area contributed by atoms with Gasteiger partial charge in [0.05, 0.1) is 28.4 Å². The molecule has 0 aliphatic carbocycles. The summed E-state index contributed by atoms with van der Waals surface area (Å²) in [6.07, 6.45) is 2.45. The number of aliphatic hydroxyl groups excluding tert-OH is 1. The fourth-order valence-electron chi connectivity index (χ4n) is 4.64. The molecular formula is C28H30N6O3S2. The van der Waals surface area contributed by atoms with Gasteiger partial charge in [-0.2, -0.15) is 11.3 Å². The maximum absolute atomic E-state index is 13.6. The van der Waals surface area contributed by atoms with E-state index in [-0.39, 0.29) is 18.4 Å². The number of thiophene rings is 1. The Kier molecular flexibility index (Phi) is 7.65. The lowest BCUT2D eigenvalue weighted by Crippen LogP contribution is -2.39. The SMILES string of the molecule is Cc1cc(C(=O)NCc2ccc3nc(N)sc3c2)c2nc(-c3ccsc3)c(C(=O)N[C@@H](CO)CC(C)C)n2c1. The van der Waals surface area contributed by atoms with Gasteiger partial charge >= 0.3 is 0 Å². The van der Waals surface area contributed by atoms with Gasteiger partial charge in [-0.25, -0.2) is 9.97 Å². The smallest absolute Gasteiger partial charge is 0.270 e. The predicted octanol–water partition coefficient (Wildman–Crippen LogP) is 4.63. The summed E-state index contributed by atoms with van der Waals surface area (Å²) in [4.78, 5) is 36.1. The monoisotopic (exact) mass is 562 g/mol. The van der Waals surface area contributed by atoms with Crippen molar-refractivity contribution in [2.45, 2.75) is 39.8 Å². The van der Waals surface area contributed by atoms with E-state index in [9.17, 15) is 14.7 Å². The zero-order valence-corrected chi connectivity index (χ0v) is 23.5. The van der Waals surface area contributed by atoms with Crippen molar-refractivity contribution in [3.63, 3.8) is 0 Å². The second-order valence-corrected chi connectivity index (χ2v) is 11.8. The van der Waals surface area contributed by atoms with Crippen molar-refractivity contribution in [3.8, 4) is 11.3 Å². The molecule has 5 N–H and O–H groups in total. The van der Waals surface area contributed by atoms with Crippen LogP contribution in [0.3, 0.4) is 0 Å². The number of nitrogens with one attached hydrogen (secondary N) is 2. The Hall–Kier alpha value is -3.80. The fraction of sp³-hybridized carbons (Fsp3) is 0.286. The molecular weight excluding hydrogens is 532 g/mol. The van der Waals surface area contributed by atoms with E-state index in [1.54, 1.807) is 10.5 Å². The first-order chi connectivity index (χ1) is 18.7. The van der Waals surface area contributed by atoms with Gasteiger partial charge in [-0.3, -0.25) is 14.0 Å². The highest BCUT2D eigenvalue weighted by molar-refractivity contribution is 7.22. The van der Waals surface area contributed by atoms with E-state index in [1.807, 2.05) is 62.0 Å². The molecule has 1 atom stereocenters. The van der Waals surface area contributed by atoms with E-state index in [0.717, 1.165) is 26.9 Å². The van der Waals surface area contributed by atoms with Crippen LogP contribution in [0.25, 0.3) is 27.1 Å². The number of nitrogens with two attached hydrogens (primary N) is 1. The van der Waals surface area contributed by atoms with E-state index in [1.165, 1.54) is 22.7 Å². The van der Waals surface area contributed by atoms with Crippen LogP contribution in [0.1, 0.15) is 52.2 Å². The second kappa shape index (κ2) is 11.1. The minimum Gasteiger partial charge on any atom is -0.394 e. The number of pyridine rings is 1. The molecule has 4 heterocycles. The molecule has 5 rings (SSSR count). The van der Waals surface area contributed by atoms with Crippen molar-refractivity contribution in [1.82, 2.24) is 25.0 Å². The van der Waals surface area contributed by atoms with Gasteiger partial charge in [0, 0.05) is 23.7 Å². The number of rotatable bonds is 9. The molecule has 4 aromatic heterocycles. The summed E-state index contributed by atoms with van der Waals surface area (Å²) in [7, 11) is 0. The summed E-state index contributed by atoms with van der Waals surface area (Å²) in [5, 5.41) is 20.2. The lowest BCUT2D eigenvalue weighted by molar-refractivity contribution is 0.0901. The number of fused-ring (bicyclic) bond motifs is 2. The zero-order chi connectivity index (χ0) is 27.7.